The van der Waals surface area contributed by atoms with Crippen LogP contribution in [0.3, 0.4) is 0 Å². The van der Waals surface area contributed by atoms with E-state index in [0.29, 0.717) is 35.7 Å². The summed E-state index contributed by atoms with van der Waals surface area (Å²) in [6, 6.07) is 3.28. The highest BCUT2D eigenvalue weighted by molar-refractivity contribution is 7.17. The maximum Gasteiger partial charge on any atom is 0.280 e. The molecule has 3 N–H and O–H groups in total. The van der Waals surface area contributed by atoms with Gasteiger partial charge in [-0.2, -0.15) is 0 Å². The first-order valence-corrected chi connectivity index (χ1v) is 12.3. The predicted octanol–water partition coefficient (Wildman–Crippen LogP) is 3.95. The van der Waals surface area contributed by atoms with Gasteiger partial charge in [0.15, 0.2) is 5.01 Å². The van der Waals surface area contributed by atoms with Gasteiger partial charge in [0.05, 0.1) is 32.7 Å². The van der Waals surface area contributed by atoms with Crippen LogP contribution in [0.15, 0.2) is 12.1 Å². The van der Waals surface area contributed by atoms with Crippen molar-refractivity contribution in [3.63, 3.8) is 0 Å². The Kier molecular flexibility index (Phi) is 9.49. The summed E-state index contributed by atoms with van der Waals surface area (Å²) < 4.78 is 5.10. The molecule has 1 aromatic heterocycles. The Labute approximate surface area is 213 Å². The molecule has 0 atom stereocenters. The SMILES string of the molecule is CCN(CCOC)C(=O)c1nc(C(=O)NCC(C)(C)O)sc1-c1ccc(C(C)(C)O)c(Cl)c1Cl. The van der Waals surface area contributed by atoms with Gasteiger partial charge in [0.2, 0.25) is 0 Å². The van der Waals surface area contributed by atoms with E-state index in [-0.39, 0.29) is 33.2 Å². The Morgan fingerprint density at radius 2 is 1.82 bits per heavy atom. The molecule has 0 bridgehead atoms. The van der Waals surface area contributed by atoms with Crippen LogP contribution in [0.5, 0.6) is 0 Å². The van der Waals surface area contributed by atoms with Crippen molar-refractivity contribution in [1.82, 2.24) is 15.2 Å². The normalized spacial score (nSPS) is 12.1. The number of carbonyl (C=O) groups excluding carboxylic acids is 2. The fourth-order valence-corrected chi connectivity index (χ4v) is 4.78. The molecule has 0 aliphatic heterocycles. The first-order chi connectivity index (χ1) is 15.7. The van der Waals surface area contributed by atoms with E-state index >= 15 is 0 Å². The lowest BCUT2D eigenvalue weighted by Crippen LogP contribution is -2.38. The largest absolute Gasteiger partial charge is 0.389 e. The molecule has 8 nitrogen and oxygen atoms in total. The van der Waals surface area contributed by atoms with Crippen molar-refractivity contribution in [2.45, 2.75) is 45.8 Å². The zero-order valence-corrected chi connectivity index (χ0v) is 22.5. The molecule has 2 amide bonds. The van der Waals surface area contributed by atoms with Crippen LogP contribution in [0.2, 0.25) is 10.0 Å². The van der Waals surface area contributed by atoms with E-state index in [9.17, 15) is 19.8 Å². The van der Waals surface area contributed by atoms with Gasteiger partial charge in [-0.15, -0.1) is 11.3 Å². The number of carbonyl (C=O) groups is 2. The summed E-state index contributed by atoms with van der Waals surface area (Å²) in [7, 11) is 1.55. The second-order valence-corrected chi connectivity index (χ2v) is 10.7. The van der Waals surface area contributed by atoms with E-state index in [1.807, 2.05) is 6.92 Å². The van der Waals surface area contributed by atoms with Gasteiger partial charge in [-0.05, 0) is 34.6 Å². The highest BCUT2D eigenvalue weighted by Crippen LogP contribution is 2.42. The van der Waals surface area contributed by atoms with Gasteiger partial charge in [0.25, 0.3) is 11.8 Å². The number of methoxy groups -OCH3 is 1. The fraction of sp³-hybridized carbons (Fsp3) is 0.522. The summed E-state index contributed by atoms with van der Waals surface area (Å²) in [6.45, 7) is 9.24. The monoisotopic (exact) mass is 531 g/mol. The second kappa shape index (κ2) is 11.3. The zero-order chi connectivity index (χ0) is 25.8. The summed E-state index contributed by atoms with van der Waals surface area (Å²) >= 11 is 14.0. The standard InChI is InChI=1S/C23H31Cl2N3O5S/c1-7-28(10-11-33-6)21(30)17-18(34-20(27-17)19(29)26-12-22(2,3)31)13-8-9-14(23(4,5)32)16(25)15(13)24/h8-9,31-32H,7,10-12H2,1-6H3,(H,26,29). The Balaban J connectivity index is 2.61. The molecule has 0 saturated heterocycles. The van der Waals surface area contributed by atoms with Crippen molar-refractivity contribution in [2.24, 2.45) is 0 Å². The summed E-state index contributed by atoms with van der Waals surface area (Å²) in [5.41, 5.74) is -1.43. The van der Waals surface area contributed by atoms with Crippen LogP contribution in [-0.2, 0) is 10.3 Å². The van der Waals surface area contributed by atoms with E-state index < -0.39 is 17.1 Å². The second-order valence-electron chi connectivity index (χ2n) is 8.92. The predicted molar refractivity (Wildman–Crippen MR) is 135 cm³/mol. The lowest BCUT2D eigenvalue weighted by Gasteiger charge is -2.22. The third kappa shape index (κ3) is 6.90. The number of nitrogens with zero attached hydrogens (tertiary/aromatic N) is 2. The van der Waals surface area contributed by atoms with E-state index in [1.165, 1.54) is 0 Å². The van der Waals surface area contributed by atoms with Gasteiger partial charge < -0.3 is 25.2 Å². The Bertz CT molecular complexity index is 1040. The third-order valence-corrected chi connectivity index (χ3v) is 6.90. The number of nitrogens with one attached hydrogen (secondary N) is 1. The van der Waals surface area contributed by atoms with Crippen molar-refractivity contribution >= 4 is 46.4 Å². The zero-order valence-electron chi connectivity index (χ0n) is 20.2. The summed E-state index contributed by atoms with van der Waals surface area (Å²) in [5.74, 6) is -0.909. The van der Waals surface area contributed by atoms with Crippen LogP contribution in [0.1, 0.15) is 60.5 Å². The summed E-state index contributed by atoms with van der Waals surface area (Å²) in [6.07, 6.45) is 0. The van der Waals surface area contributed by atoms with Crippen LogP contribution in [0.4, 0.5) is 0 Å². The van der Waals surface area contributed by atoms with Gasteiger partial charge >= 0.3 is 0 Å². The topological polar surface area (TPSA) is 112 Å². The minimum atomic E-state index is -1.23. The Morgan fingerprint density at radius 3 is 2.35 bits per heavy atom. The molecule has 0 saturated carbocycles. The highest BCUT2D eigenvalue weighted by Gasteiger charge is 2.29. The van der Waals surface area contributed by atoms with E-state index in [4.69, 9.17) is 27.9 Å². The molecule has 0 aliphatic carbocycles. The van der Waals surface area contributed by atoms with Gasteiger partial charge in [0.1, 0.15) is 5.69 Å². The quantitative estimate of drug-likeness (QED) is 0.427. The molecule has 11 heteroatoms. The van der Waals surface area contributed by atoms with E-state index in [2.05, 4.69) is 10.3 Å². The van der Waals surface area contributed by atoms with Crippen molar-refractivity contribution in [2.75, 3.05) is 33.4 Å². The van der Waals surface area contributed by atoms with Gasteiger partial charge in [-0.3, -0.25) is 9.59 Å². The van der Waals surface area contributed by atoms with Gasteiger partial charge in [0, 0.05) is 37.9 Å². The average molecular weight is 532 g/mol. The van der Waals surface area contributed by atoms with Crippen LogP contribution < -0.4 is 5.32 Å². The Morgan fingerprint density at radius 1 is 1.18 bits per heavy atom. The molecule has 0 aliphatic rings. The minimum Gasteiger partial charge on any atom is -0.389 e. The lowest BCUT2D eigenvalue weighted by molar-refractivity contribution is 0.0689. The number of aromatic nitrogens is 1. The fourth-order valence-electron chi connectivity index (χ4n) is 3.07. The number of rotatable bonds is 10. The number of hydrogen-bond acceptors (Lipinski definition) is 7. The van der Waals surface area contributed by atoms with Crippen LogP contribution >= 0.6 is 34.5 Å². The first-order valence-electron chi connectivity index (χ1n) is 10.7. The number of ether oxygens (including phenoxy) is 1. The molecular formula is C23H31Cl2N3O5S. The van der Waals surface area contributed by atoms with E-state index in [1.54, 1.807) is 51.8 Å². The first kappa shape index (κ1) is 28.5. The summed E-state index contributed by atoms with van der Waals surface area (Å²) in [5, 5.41) is 23.3. The molecule has 0 spiro atoms. The van der Waals surface area contributed by atoms with Crippen molar-refractivity contribution in [3.8, 4) is 10.4 Å². The average Bonchev–Trinajstić information content (AvgIpc) is 3.18. The smallest absolute Gasteiger partial charge is 0.280 e. The number of benzene rings is 1. The van der Waals surface area contributed by atoms with Crippen LogP contribution in [0.25, 0.3) is 10.4 Å². The molecule has 188 valence electrons. The molecule has 0 unspecified atom stereocenters. The minimum absolute atomic E-state index is 0.00577. The molecule has 2 rings (SSSR count). The number of hydrogen-bond donors (Lipinski definition) is 3. The third-order valence-electron chi connectivity index (χ3n) is 4.93. The summed E-state index contributed by atoms with van der Waals surface area (Å²) in [4.78, 5) is 32.4. The van der Waals surface area contributed by atoms with Crippen molar-refractivity contribution in [1.29, 1.82) is 0 Å². The van der Waals surface area contributed by atoms with Gasteiger partial charge in [-0.25, -0.2) is 4.98 Å². The van der Waals surface area contributed by atoms with Crippen molar-refractivity contribution in [3.05, 3.63) is 38.4 Å². The number of halogens is 2. The molecule has 1 aromatic carbocycles. The van der Waals surface area contributed by atoms with Gasteiger partial charge in [-0.1, -0.05) is 35.3 Å². The molecule has 0 fully saturated rings. The van der Waals surface area contributed by atoms with Crippen molar-refractivity contribution < 1.29 is 24.5 Å². The maximum absolute atomic E-state index is 13.4. The highest BCUT2D eigenvalue weighted by atomic mass is 35.5. The number of thiazole rings is 1. The van der Waals surface area contributed by atoms with Crippen LogP contribution in [0, 0.1) is 0 Å². The van der Waals surface area contributed by atoms with Crippen LogP contribution in [-0.4, -0.2) is 70.9 Å². The molecule has 2 aromatic rings. The molecule has 0 radical (unpaired) electrons. The number of amides is 2. The molecule has 34 heavy (non-hydrogen) atoms. The number of likely N-dealkylation sites (N-methyl/N-ethyl adjacent to an activating group) is 1. The Hall–Kier alpha value is -1.75. The molecule has 1 heterocycles. The lowest BCUT2D eigenvalue weighted by atomic mass is 9.96. The number of aliphatic hydroxyl groups is 2. The molecular weight excluding hydrogens is 501 g/mol. The maximum atomic E-state index is 13.4. The van der Waals surface area contributed by atoms with E-state index in [0.717, 1.165) is 11.3 Å².